The number of carbonyl (C=O) groups is 1. The van der Waals surface area contributed by atoms with E-state index in [-0.39, 0.29) is 12.1 Å². The van der Waals surface area contributed by atoms with Crippen molar-refractivity contribution in [3.63, 3.8) is 0 Å². The number of nitrogens with one attached hydrogen (secondary N) is 1. The highest BCUT2D eigenvalue weighted by Gasteiger charge is 2.31. The number of hydrogen-bond donors (Lipinski definition) is 1. The maximum absolute atomic E-state index is 12.2. The lowest BCUT2D eigenvalue weighted by Gasteiger charge is -2.38. The highest BCUT2D eigenvalue weighted by molar-refractivity contribution is 5.68. The van der Waals surface area contributed by atoms with E-state index in [0.717, 1.165) is 6.42 Å². The molecular weight excluding hydrogens is 296 g/mol. The first-order chi connectivity index (χ1) is 10.8. The third kappa shape index (κ3) is 4.97. The summed E-state index contributed by atoms with van der Waals surface area (Å²) in [7, 11) is 1.57. The van der Waals surface area contributed by atoms with E-state index in [1.54, 1.807) is 24.3 Å². The zero-order valence-electron chi connectivity index (χ0n) is 14.5. The molecule has 128 valence electrons. The van der Waals surface area contributed by atoms with Crippen molar-refractivity contribution in [1.82, 2.24) is 14.9 Å². The average molecular weight is 322 g/mol. The van der Waals surface area contributed by atoms with Crippen LogP contribution in [-0.4, -0.2) is 52.8 Å². The highest BCUT2D eigenvalue weighted by Crippen LogP contribution is 2.22. The van der Waals surface area contributed by atoms with Crippen LogP contribution < -0.4 is 10.1 Å². The lowest BCUT2D eigenvalue weighted by atomic mass is 9.94. The molecule has 2 atom stereocenters. The number of nitrogens with zero attached hydrogens (tertiary/aromatic N) is 3. The van der Waals surface area contributed by atoms with Gasteiger partial charge in [-0.2, -0.15) is 4.98 Å². The van der Waals surface area contributed by atoms with Gasteiger partial charge in [0.05, 0.1) is 7.11 Å². The maximum atomic E-state index is 12.2. The van der Waals surface area contributed by atoms with Gasteiger partial charge in [-0.25, -0.2) is 9.78 Å². The topological polar surface area (TPSA) is 76.6 Å². The number of rotatable bonds is 3. The molecule has 1 saturated heterocycles. The Hall–Kier alpha value is -2.05. The summed E-state index contributed by atoms with van der Waals surface area (Å²) >= 11 is 0. The summed E-state index contributed by atoms with van der Waals surface area (Å²) in [5, 5.41) is 3.30. The minimum atomic E-state index is -0.487. The number of piperidine rings is 1. The van der Waals surface area contributed by atoms with Crippen molar-refractivity contribution in [2.75, 3.05) is 25.5 Å². The Balaban J connectivity index is 2.01. The minimum Gasteiger partial charge on any atom is -0.481 e. The monoisotopic (exact) mass is 322 g/mol. The molecule has 0 spiro atoms. The summed E-state index contributed by atoms with van der Waals surface area (Å²) in [5.41, 5.74) is -0.487. The molecule has 0 aromatic carbocycles. The number of likely N-dealkylation sites (tertiary alicyclic amines) is 1. The summed E-state index contributed by atoms with van der Waals surface area (Å²) in [5.74, 6) is 1.42. The van der Waals surface area contributed by atoms with E-state index in [2.05, 4.69) is 22.2 Å². The van der Waals surface area contributed by atoms with Crippen LogP contribution in [0.5, 0.6) is 5.88 Å². The molecular formula is C16H26N4O3. The SMILES string of the molecule is COc1ccnc(NC2CN(C(=O)OC(C)(C)C)CCC2C)n1. The number of carbonyl (C=O) groups excluding carboxylic acids is 1. The van der Waals surface area contributed by atoms with Gasteiger partial charge < -0.3 is 19.7 Å². The van der Waals surface area contributed by atoms with Crippen molar-refractivity contribution in [2.24, 2.45) is 5.92 Å². The van der Waals surface area contributed by atoms with E-state index in [0.29, 0.717) is 30.8 Å². The minimum absolute atomic E-state index is 0.0726. The molecule has 1 aliphatic rings. The zero-order valence-corrected chi connectivity index (χ0v) is 14.5. The van der Waals surface area contributed by atoms with Crippen LogP contribution in [0, 0.1) is 5.92 Å². The summed E-state index contributed by atoms with van der Waals surface area (Å²) in [4.78, 5) is 22.5. The van der Waals surface area contributed by atoms with E-state index in [4.69, 9.17) is 9.47 Å². The van der Waals surface area contributed by atoms with Gasteiger partial charge in [-0.3, -0.25) is 0 Å². The normalized spacial score (nSPS) is 21.7. The standard InChI is InChI=1S/C16H26N4O3/c1-11-7-9-20(15(21)23-16(2,3)4)10-12(11)18-14-17-8-6-13(19-14)22-5/h6,8,11-12H,7,9-10H2,1-5H3,(H,17,18,19). The average Bonchev–Trinajstić information content (AvgIpc) is 2.48. The van der Waals surface area contributed by atoms with Crippen molar-refractivity contribution in [3.05, 3.63) is 12.3 Å². The molecule has 1 amide bonds. The fourth-order valence-electron chi connectivity index (χ4n) is 2.44. The molecule has 1 aromatic heterocycles. The van der Waals surface area contributed by atoms with Crippen LogP contribution in [0.15, 0.2) is 12.3 Å². The second-order valence-electron chi connectivity index (χ2n) is 6.87. The Labute approximate surface area is 137 Å². The predicted molar refractivity (Wildman–Crippen MR) is 87.6 cm³/mol. The van der Waals surface area contributed by atoms with E-state index in [1.165, 1.54) is 0 Å². The Bertz CT molecular complexity index is 544. The first-order valence-corrected chi connectivity index (χ1v) is 7.90. The molecule has 1 aromatic rings. The van der Waals surface area contributed by atoms with E-state index in [1.807, 2.05) is 20.8 Å². The Morgan fingerprint density at radius 3 is 2.83 bits per heavy atom. The van der Waals surface area contributed by atoms with Gasteiger partial charge >= 0.3 is 6.09 Å². The summed E-state index contributed by atoms with van der Waals surface area (Å²) in [6.45, 7) is 9.04. The lowest BCUT2D eigenvalue weighted by Crippen LogP contribution is -2.50. The van der Waals surface area contributed by atoms with Gasteiger partial charge in [0.15, 0.2) is 0 Å². The molecule has 2 heterocycles. The molecule has 1 fully saturated rings. The molecule has 1 aliphatic heterocycles. The molecule has 7 heteroatoms. The second-order valence-corrected chi connectivity index (χ2v) is 6.87. The highest BCUT2D eigenvalue weighted by atomic mass is 16.6. The van der Waals surface area contributed by atoms with Crippen molar-refractivity contribution >= 4 is 12.0 Å². The van der Waals surface area contributed by atoms with E-state index >= 15 is 0 Å². The molecule has 2 rings (SSSR count). The summed E-state index contributed by atoms with van der Waals surface area (Å²) in [6.07, 6.45) is 2.27. The van der Waals surface area contributed by atoms with Gasteiger partial charge in [0, 0.05) is 31.4 Å². The van der Waals surface area contributed by atoms with Crippen LogP contribution in [0.2, 0.25) is 0 Å². The predicted octanol–water partition coefficient (Wildman–Crippen LogP) is 2.54. The van der Waals surface area contributed by atoms with Crippen LogP contribution in [0.3, 0.4) is 0 Å². The fraction of sp³-hybridized carbons (Fsp3) is 0.688. The first-order valence-electron chi connectivity index (χ1n) is 7.90. The van der Waals surface area contributed by atoms with Crippen molar-refractivity contribution in [2.45, 2.75) is 45.8 Å². The maximum Gasteiger partial charge on any atom is 0.410 e. The molecule has 2 unspecified atom stereocenters. The van der Waals surface area contributed by atoms with Crippen molar-refractivity contribution in [3.8, 4) is 5.88 Å². The number of ether oxygens (including phenoxy) is 2. The largest absolute Gasteiger partial charge is 0.481 e. The zero-order chi connectivity index (χ0) is 17.0. The number of aromatic nitrogens is 2. The van der Waals surface area contributed by atoms with Crippen molar-refractivity contribution < 1.29 is 14.3 Å². The van der Waals surface area contributed by atoms with Crippen LogP contribution in [-0.2, 0) is 4.74 Å². The molecule has 23 heavy (non-hydrogen) atoms. The van der Waals surface area contributed by atoms with Gasteiger partial charge in [0.25, 0.3) is 0 Å². The number of methoxy groups -OCH3 is 1. The quantitative estimate of drug-likeness (QED) is 0.921. The smallest absolute Gasteiger partial charge is 0.410 e. The fourth-order valence-corrected chi connectivity index (χ4v) is 2.44. The Morgan fingerprint density at radius 1 is 1.43 bits per heavy atom. The van der Waals surface area contributed by atoms with Crippen LogP contribution in [0.25, 0.3) is 0 Å². The number of anilines is 1. The van der Waals surface area contributed by atoms with Gasteiger partial charge in [0.2, 0.25) is 11.8 Å². The Kier molecular flexibility index (Phi) is 5.28. The van der Waals surface area contributed by atoms with Gasteiger partial charge in [0.1, 0.15) is 5.60 Å². The van der Waals surface area contributed by atoms with Gasteiger partial charge in [-0.05, 0) is 33.1 Å². The van der Waals surface area contributed by atoms with Crippen molar-refractivity contribution in [1.29, 1.82) is 0 Å². The second kappa shape index (κ2) is 7.02. The molecule has 0 aliphatic carbocycles. The van der Waals surface area contributed by atoms with Crippen LogP contribution in [0.4, 0.5) is 10.7 Å². The summed E-state index contributed by atoms with van der Waals surface area (Å²) in [6, 6.07) is 1.77. The van der Waals surface area contributed by atoms with Crippen LogP contribution in [0.1, 0.15) is 34.1 Å². The Morgan fingerprint density at radius 2 is 2.17 bits per heavy atom. The molecule has 1 N–H and O–H groups in total. The number of hydrogen-bond acceptors (Lipinski definition) is 6. The molecule has 0 saturated carbocycles. The van der Waals surface area contributed by atoms with E-state index < -0.39 is 5.60 Å². The molecule has 0 radical (unpaired) electrons. The lowest BCUT2D eigenvalue weighted by molar-refractivity contribution is 0.0176. The van der Waals surface area contributed by atoms with Crippen LogP contribution >= 0.6 is 0 Å². The third-order valence-corrected chi connectivity index (χ3v) is 3.76. The van der Waals surface area contributed by atoms with Gasteiger partial charge in [-0.1, -0.05) is 6.92 Å². The molecule has 7 nitrogen and oxygen atoms in total. The summed E-state index contributed by atoms with van der Waals surface area (Å²) < 4.78 is 10.6. The number of amides is 1. The van der Waals surface area contributed by atoms with Gasteiger partial charge in [-0.15, -0.1) is 0 Å². The first kappa shape index (κ1) is 17.3. The van der Waals surface area contributed by atoms with E-state index in [9.17, 15) is 4.79 Å². The third-order valence-electron chi connectivity index (χ3n) is 3.76. The molecule has 0 bridgehead atoms.